The van der Waals surface area contributed by atoms with Crippen LogP contribution >= 0.6 is 15.9 Å². The van der Waals surface area contributed by atoms with Crippen molar-refractivity contribution in [2.45, 2.75) is 59.4 Å². The summed E-state index contributed by atoms with van der Waals surface area (Å²) < 4.78 is 19.1. The van der Waals surface area contributed by atoms with E-state index >= 15 is 4.39 Å². The van der Waals surface area contributed by atoms with Crippen molar-refractivity contribution in [1.29, 1.82) is 0 Å². The fourth-order valence-corrected chi connectivity index (χ4v) is 5.17. The lowest BCUT2D eigenvalue weighted by Gasteiger charge is -2.19. The molecule has 1 aromatic heterocycles. The lowest BCUT2D eigenvalue weighted by atomic mass is 10.1. The van der Waals surface area contributed by atoms with E-state index in [1.54, 1.807) is 12.5 Å². The molecule has 1 aliphatic rings. The fraction of sp³-hybridized carbons (Fsp3) is 0.394. The summed E-state index contributed by atoms with van der Waals surface area (Å²) in [4.78, 5) is 8.84. The van der Waals surface area contributed by atoms with E-state index in [2.05, 4.69) is 60.3 Å². The number of fused-ring (bicyclic) bond motifs is 1. The standard InChI is InChI=1S/C33H40BrFN6/c1-5-9-27(38-15-6-2)21-36-16-7-8-18-41-22-39-33-30(41)20-28(24(4)37-17-14-25-10-11-25)32(31(33)35)40-29-13-12-26(34)19-23(29)3/h6,12-13,15,19-20,22,25,36-37,40H,4,7-8,10-11,14,16-18,21H2,1-3H3/b15-6-,38-27?. The topological polar surface area (TPSA) is 66.3 Å². The molecule has 1 heterocycles. The maximum absolute atomic E-state index is 16.1. The highest BCUT2D eigenvalue weighted by Crippen LogP contribution is 2.36. The Hall–Kier alpha value is -3.41. The number of aliphatic imine (C=N–C) groups is 1. The summed E-state index contributed by atoms with van der Waals surface area (Å²) in [7, 11) is 0. The van der Waals surface area contributed by atoms with Crippen LogP contribution in [0, 0.1) is 30.5 Å². The number of benzene rings is 2. The molecule has 0 bridgehead atoms. The number of aromatic nitrogens is 2. The van der Waals surface area contributed by atoms with Gasteiger partial charge in [-0.25, -0.2) is 9.37 Å². The number of allylic oxidation sites excluding steroid dienone is 1. The van der Waals surface area contributed by atoms with Gasteiger partial charge in [-0.2, -0.15) is 0 Å². The number of hydrogen-bond donors (Lipinski definition) is 3. The smallest absolute Gasteiger partial charge is 0.175 e. The molecule has 1 fully saturated rings. The summed E-state index contributed by atoms with van der Waals surface area (Å²) in [5.74, 6) is 6.39. The van der Waals surface area contributed by atoms with Gasteiger partial charge in [-0.3, -0.25) is 4.99 Å². The van der Waals surface area contributed by atoms with E-state index in [-0.39, 0.29) is 5.82 Å². The molecule has 8 heteroatoms. The van der Waals surface area contributed by atoms with Gasteiger partial charge in [0.2, 0.25) is 0 Å². The number of halogens is 2. The first-order chi connectivity index (χ1) is 19.9. The highest BCUT2D eigenvalue weighted by atomic mass is 79.9. The van der Waals surface area contributed by atoms with E-state index in [9.17, 15) is 0 Å². The van der Waals surface area contributed by atoms with Crippen molar-refractivity contribution in [2.24, 2.45) is 10.9 Å². The van der Waals surface area contributed by atoms with Crippen molar-refractivity contribution < 1.29 is 4.39 Å². The zero-order valence-corrected chi connectivity index (χ0v) is 25.9. The summed E-state index contributed by atoms with van der Waals surface area (Å²) in [5.41, 5.74) is 5.64. The third-order valence-electron chi connectivity index (χ3n) is 7.16. The maximum atomic E-state index is 16.1. The van der Waals surface area contributed by atoms with E-state index < -0.39 is 0 Å². The Morgan fingerprint density at radius 3 is 2.83 bits per heavy atom. The molecule has 216 valence electrons. The number of unbranched alkanes of at least 4 members (excludes halogenated alkanes) is 1. The van der Waals surface area contributed by atoms with Crippen LogP contribution < -0.4 is 16.0 Å². The summed E-state index contributed by atoms with van der Waals surface area (Å²) in [6, 6.07) is 7.93. The van der Waals surface area contributed by atoms with Crippen LogP contribution in [0.5, 0.6) is 0 Å². The average Bonchev–Trinajstić information content (AvgIpc) is 3.69. The summed E-state index contributed by atoms with van der Waals surface area (Å²) in [5, 5.41) is 10.2. The van der Waals surface area contributed by atoms with Crippen molar-refractivity contribution in [3.05, 3.63) is 70.9 Å². The molecule has 2 aromatic carbocycles. The minimum Gasteiger partial charge on any atom is -0.385 e. The molecule has 6 nitrogen and oxygen atoms in total. The molecule has 0 saturated heterocycles. The monoisotopic (exact) mass is 618 g/mol. The third-order valence-corrected chi connectivity index (χ3v) is 7.65. The first-order valence-electron chi connectivity index (χ1n) is 14.4. The molecule has 4 rings (SSSR count). The first-order valence-corrected chi connectivity index (χ1v) is 15.2. The second-order valence-corrected chi connectivity index (χ2v) is 11.4. The van der Waals surface area contributed by atoms with Crippen LogP contribution in [-0.4, -0.2) is 34.9 Å². The van der Waals surface area contributed by atoms with Crippen LogP contribution in [0.4, 0.5) is 15.8 Å². The maximum Gasteiger partial charge on any atom is 0.175 e. The molecular formula is C33H40BrFN6. The second-order valence-electron chi connectivity index (χ2n) is 10.5. The molecule has 0 spiro atoms. The SMILES string of the molecule is C=C(NCCC1CC1)c1cc2c(ncn2CCCCNCC(C#CC)=N/C=C\C)c(F)c1Nc1ccc(Br)cc1C. The van der Waals surface area contributed by atoms with Gasteiger partial charge < -0.3 is 20.5 Å². The molecule has 0 aliphatic heterocycles. The number of nitrogens with zero attached hydrogens (tertiary/aromatic N) is 3. The molecule has 0 radical (unpaired) electrons. The van der Waals surface area contributed by atoms with Gasteiger partial charge >= 0.3 is 0 Å². The Balaban J connectivity index is 1.49. The largest absolute Gasteiger partial charge is 0.385 e. The Morgan fingerprint density at radius 1 is 1.27 bits per heavy atom. The van der Waals surface area contributed by atoms with Crippen molar-refractivity contribution in [3.8, 4) is 11.8 Å². The summed E-state index contributed by atoms with van der Waals surface area (Å²) in [6.45, 7) is 13.1. The first kappa shape index (κ1) is 30.5. The molecule has 0 unspecified atom stereocenters. The van der Waals surface area contributed by atoms with Gasteiger partial charge in [0.1, 0.15) is 11.2 Å². The van der Waals surface area contributed by atoms with Crippen molar-refractivity contribution in [3.63, 3.8) is 0 Å². The van der Waals surface area contributed by atoms with Crippen LogP contribution in [0.1, 0.15) is 57.1 Å². The molecule has 41 heavy (non-hydrogen) atoms. The Morgan fingerprint density at radius 2 is 2.10 bits per heavy atom. The van der Waals surface area contributed by atoms with Gasteiger partial charge in [0, 0.05) is 47.3 Å². The van der Waals surface area contributed by atoms with Crippen LogP contribution in [0.3, 0.4) is 0 Å². The minimum absolute atomic E-state index is 0.359. The minimum atomic E-state index is -0.365. The fourth-order valence-electron chi connectivity index (χ4n) is 4.70. The van der Waals surface area contributed by atoms with Gasteiger partial charge in [0.25, 0.3) is 0 Å². The molecule has 3 N–H and O–H groups in total. The molecule has 0 atom stereocenters. The lowest BCUT2D eigenvalue weighted by molar-refractivity contribution is 0.593. The highest BCUT2D eigenvalue weighted by molar-refractivity contribution is 9.10. The van der Waals surface area contributed by atoms with E-state index in [0.717, 1.165) is 77.3 Å². The van der Waals surface area contributed by atoms with Gasteiger partial charge in [-0.1, -0.05) is 53.3 Å². The van der Waals surface area contributed by atoms with Crippen LogP contribution in [0.25, 0.3) is 16.7 Å². The summed E-state index contributed by atoms with van der Waals surface area (Å²) >= 11 is 3.51. The molecule has 0 amide bonds. The predicted octanol–water partition coefficient (Wildman–Crippen LogP) is 7.72. The van der Waals surface area contributed by atoms with Crippen LogP contribution in [0.2, 0.25) is 0 Å². The molecule has 1 saturated carbocycles. The average molecular weight is 620 g/mol. The lowest BCUT2D eigenvalue weighted by Crippen LogP contribution is -2.23. The quantitative estimate of drug-likeness (QED) is 0.0926. The number of rotatable bonds is 15. The Bertz CT molecular complexity index is 1490. The molecule has 1 aliphatic carbocycles. The Kier molecular flexibility index (Phi) is 11.2. The van der Waals surface area contributed by atoms with Crippen LogP contribution in [-0.2, 0) is 6.54 Å². The van der Waals surface area contributed by atoms with Crippen molar-refractivity contribution >= 4 is 49.7 Å². The number of imidazole rings is 1. The Labute approximate surface area is 251 Å². The number of aryl methyl sites for hydroxylation is 2. The zero-order chi connectivity index (χ0) is 29.2. The van der Waals surface area contributed by atoms with Crippen LogP contribution in [0.15, 0.2) is 58.9 Å². The second kappa shape index (κ2) is 15.0. The van der Waals surface area contributed by atoms with Crippen molar-refractivity contribution in [2.75, 3.05) is 25.0 Å². The van der Waals surface area contributed by atoms with Gasteiger partial charge in [0.05, 0.1) is 17.5 Å². The summed E-state index contributed by atoms with van der Waals surface area (Å²) in [6.07, 6.45) is 11.0. The van der Waals surface area contributed by atoms with Gasteiger partial charge in [-0.15, -0.1) is 0 Å². The number of nitrogens with one attached hydrogen (secondary N) is 3. The highest BCUT2D eigenvalue weighted by Gasteiger charge is 2.22. The van der Waals surface area contributed by atoms with E-state index in [0.29, 0.717) is 23.4 Å². The van der Waals surface area contributed by atoms with Crippen molar-refractivity contribution in [1.82, 2.24) is 20.2 Å². The molecular weight excluding hydrogens is 579 g/mol. The predicted molar refractivity (Wildman–Crippen MR) is 174 cm³/mol. The normalized spacial score (nSPS) is 13.4. The number of hydrogen-bond acceptors (Lipinski definition) is 5. The zero-order valence-electron chi connectivity index (χ0n) is 24.3. The molecule has 3 aromatic rings. The third kappa shape index (κ3) is 8.54. The van der Waals surface area contributed by atoms with Gasteiger partial charge in [0.15, 0.2) is 5.82 Å². The number of anilines is 2. The van der Waals surface area contributed by atoms with E-state index in [1.807, 2.05) is 55.7 Å². The van der Waals surface area contributed by atoms with Gasteiger partial charge in [-0.05, 0) is 82.3 Å². The van der Waals surface area contributed by atoms with E-state index in [4.69, 9.17) is 0 Å². The van der Waals surface area contributed by atoms with E-state index in [1.165, 1.54) is 12.8 Å².